The summed E-state index contributed by atoms with van der Waals surface area (Å²) in [7, 11) is 0. The third-order valence-corrected chi connectivity index (χ3v) is 4.63. The third kappa shape index (κ3) is 4.96. The average Bonchev–Trinajstić information content (AvgIpc) is 3.09. The molecule has 3 rings (SSSR count). The van der Waals surface area contributed by atoms with Crippen LogP contribution in [-0.2, 0) is 17.8 Å². The average molecular weight is 313 g/mol. The molecular formula is C19H25N2O2+. The third-order valence-electron chi connectivity index (χ3n) is 4.63. The number of hydrogen-bond donors (Lipinski definition) is 2. The van der Waals surface area contributed by atoms with Gasteiger partial charge >= 0.3 is 0 Å². The van der Waals surface area contributed by atoms with Crippen molar-refractivity contribution in [3.8, 4) is 0 Å². The van der Waals surface area contributed by atoms with Gasteiger partial charge in [0.2, 0.25) is 0 Å². The molecule has 23 heavy (non-hydrogen) atoms. The van der Waals surface area contributed by atoms with Crippen LogP contribution in [0.15, 0.2) is 53.1 Å². The summed E-state index contributed by atoms with van der Waals surface area (Å²) in [5, 5.41) is 2.93. The molecule has 0 unspecified atom stereocenters. The minimum absolute atomic E-state index is 0.109. The van der Waals surface area contributed by atoms with Gasteiger partial charge in [0.1, 0.15) is 5.76 Å². The maximum Gasteiger partial charge on any atom is 0.275 e. The normalized spacial score (nSPS) is 21.0. The van der Waals surface area contributed by atoms with E-state index < -0.39 is 0 Å². The van der Waals surface area contributed by atoms with Crippen LogP contribution in [0.4, 0.5) is 0 Å². The largest absolute Gasteiger partial charge is 0.467 e. The monoisotopic (exact) mass is 313 g/mol. The number of piperidine rings is 1. The molecule has 1 aromatic heterocycles. The number of rotatable bonds is 6. The van der Waals surface area contributed by atoms with Gasteiger partial charge in [0, 0.05) is 0 Å². The van der Waals surface area contributed by atoms with E-state index in [2.05, 4.69) is 35.6 Å². The molecular weight excluding hydrogens is 288 g/mol. The zero-order chi connectivity index (χ0) is 15.9. The van der Waals surface area contributed by atoms with E-state index in [4.69, 9.17) is 4.42 Å². The van der Waals surface area contributed by atoms with Crippen LogP contribution >= 0.6 is 0 Å². The van der Waals surface area contributed by atoms with Crippen molar-refractivity contribution in [1.82, 2.24) is 5.32 Å². The van der Waals surface area contributed by atoms with E-state index in [1.807, 2.05) is 12.1 Å². The number of furan rings is 1. The Morgan fingerprint density at radius 1 is 1.13 bits per heavy atom. The fraction of sp³-hybridized carbons (Fsp3) is 0.421. The quantitative estimate of drug-likeness (QED) is 0.847. The van der Waals surface area contributed by atoms with Gasteiger partial charge in [0.25, 0.3) is 5.91 Å². The van der Waals surface area contributed by atoms with Gasteiger partial charge in [-0.2, -0.15) is 0 Å². The lowest BCUT2D eigenvalue weighted by Crippen LogP contribution is -3.14. The van der Waals surface area contributed by atoms with Crippen LogP contribution in [0.25, 0.3) is 0 Å². The van der Waals surface area contributed by atoms with Crippen molar-refractivity contribution in [2.45, 2.75) is 25.8 Å². The summed E-state index contributed by atoms with van der Waals surface area (Å²) in [5.41, 5.74) is 1.43. The molecule has 0 saturated carbocycles. The van der Waals surface area contributed by atoms with Crippen molar-refractivity contribution in [2.75, 3.05) is 19.6 Å². The second kappa shape index (κ2) is 7.97. The molecule has 1 aliphatic heterocycles. The number of carbonyl (C=O) groups excluding carboxylic acids is 1. The second-order valence-corrected chi connectivity index (χ2v) is 6.42. The molecule has 4 nitrogen and oxygen atoms in total. The molecule has 1 amide bonds. The van der Waals surface area contributed by atoms with Crippen LogP contribution in [0.3, 0.4) is 0 Å². The summed E-state index contributed by atoms with van der Waals surface area (Å²) < 4.78 is 5.22. The molecule has 2 N–H and O–H groups in total. The smallest absolute Gasteiger partial charge is 0.275 e. The Balaban J connectivity index is 1.36. The molecule has 2 aromatic rings. The number of likely N-dealkylation sites (tertiary alicyclic amines) is 1. The summed E-state index contributed by atoms with van der Waals surface area (Å²) >= 11 is 0. The number of nitrogens with one attached hydrogen (secondary N) is 2. The number of amides is 1. The van der Waals surface area contributed by atoms with Gasteiger partial charge in [0.15, 0.2) is 6.54 Å². The Hall–Kier alpha value is -2.07. The molecule has 1 aromatic carbocycles. The maximum absolute atomic E-state index is 12.0. The Morgan fingerprint density at radius 2 is 1.91 bits per heavy atom. The Morgan fingerprint density at radius 3 is 2.61 bits per heavy atom. The van der Waals surface area contributed by atoms with Crippen molar-refractivity contribution >= 4 is 5.91 Å². The van der Waals surface area contributed by atoms with E-state index in [-0.39, 0.29) is 5.91 Å². The van der Waals surface area contributed by atoms with E-state index in [0.29, 0.717) is 13.1 Å². The molecule has 0 atom stereocenters. The van der Waals surface area contributed by atoms with Gasteiger partial charge in [-0.05, 0) is 42.9 Å². The van der Waals surface area contributed by atoms with Crippen LogP contribution in [0, 0.1) is 5.92 Å². The molecule has 1 aliphatic rings. The van der Waals surface area contributed by atoms with Gasteiger partial charge in [-0.25, -0.2) is 0 Å². The molecule has 0 spiro atoms. The predicted molar refractivity (Wildman–Crippen MR) is 89.0 cm³/mol. The summed E-state index contributed by atoms with van der Waals surface area (Å²) in [4.78, 5) is 13.4. The summed E-state index contributed by atoms with van der Waals surface area (Å²) in [6, 6.07) is 14.4. The van der Waals surface area contributed by atoms with E-state index >= 15 is 0 Å². The van der Waals surface area contributed by atoms with Crippen molar-refractivity contribution < 1.29 is 14.1 Å². The number of hydrogen-bond acceptors (Lipinski definition) is 2. The first-order valence-corrected chi connectivity index (χ1v) is 8.46. The summed E-state index contributed by atoms with van der Waals surface area (Å²) in [6.07, 6.45) is 5.20. The van der Waals surface area contributed by atoms with E-state index in [9.17, 15) is 4.79 Å². The molecule has 4 heteroatoms. The zero-order valence-electron chi connectivity index (χ0n) is 13.5. The predicted octanol–water partition coefficient (Wildman–Crippen LogP) is 1.43. The fourth-order valence-electron chi connectivity index (χ4n) is 3.30. The number of benzene rings is 1. The van der Waals surface area contributed by atoms with E-state index in [1.54, 1.807) is 6.26 Å². The lowest BCUT2D eigenvalue weighted by molar-refractivity contribution is -0.898. The Labute approximate surface area is 137 Å². The van der Waals surface area contributed by atoms with Crippen LogP contribution in [0.2, 0.25) is 0 Å². The Bertz CT molecular complexity index is 587. The molecule has 0 aliphatic carbocycles. The highest BCUT2D eigenvalue weighted by Crippen LogP contribution is 2.16. The summed E-state index contributed by atoms with van der Waals surface area (Å²) in [5.74, 6) is 1.67. The summed E-state index contributed by atoms with van der Waals surface area (Å²) in [6.45, 7) is 3.23. The topological polar surface area (TPSA) is 46.7 Å². The highest BCUT2D eigenvalue weighted by Gasteiger charge is 2.23. The molecule has 122 valence electrons. The van der Waals surface area contributed by atoms with Gasteiger partial charge in [0.05, 0.1) is 25.9 Å². The fourth-order valence-corrected chi connectivity index (χ4v) is 3.30. The van der Waals surface area contributed by atoms with E-state index in [1.165, 1.54) is 29.7 Å². The highest BCUT2D eigenvalue weighted by atomic mass is 16.3. The molecule has 1 saturated heterocycles. The first-order chi connectivity index (χ1) is 11.3. The maximum atomic E-state index is 12.0. The van der Waals surface area contributed by atoms with Gasteiger partial charge in [-0.1, -0.05) is 30.3 Å². The SMILES string of the molecule is O=C(C[NH+]1CCC(Cc2ccccc2)CC1)NCc1ccco1. The van der Waals surface area contributed by atoms with Crippen LogP contribution < -0.4 is 10.2 Å². The molecule has 0 radical (unpaired) electrons. The zero-order valence-corrected chi connectivity index (χ0v) is 13.5. The van der Waals surface area contributed by atoms with Crippen molar-refractivity contribution in [2.24, 2.45) is 5.92 Å². The highest BCUT2D eigenvalue weighted by molar-refractivity contribution is 5.76. The van der Waals surface area contributed by atoms with Crippen LogP contribution in [0.1, 0.15) is 24.2 Å². The second-order valence-electron chi connectivity index (χ2n) is 6.42. The van der Waals surface area contributed by atoms with E-state index in [0.717, 1.165) is 24.8 Å². The van der Waals surface area contributed by atoms with Crippen LogP contribution in [0.5, 0.6) is 0 Å². The van der Waals surface area contributed by atoms with Crippen molar-refractivity contribution in [3.63, 3.8) is 0 Å². The minimum Gasteiger partial charge on any atom is -0.467 e. The Kier molecular flexibility index (Phi) is 5.48. The van der Waals surface area contributed by atoms with Crippen molar-refractivity contribution in [1.29, 1.82) is 0 Å². The molecule has 0 bridgehead atoms. The number of quaternary nitrogens is 1. The standard InChI is InChI=1S/C19H24N2O2/c22-19(20-14-18-7-4-12-23-18)15-21-10-8-17(9-11-21)13-16-5-2-1-3-6-16/h1-7,12,17H,8-11,13-15H2,(H,20,22)/p+1. The lowest BCUT2D eigenvalue weighted by Gasteiger charge is -2.28. The molecule has 1 fully saturated rings. The first kappa shape index (κ1) is 15.8. The van der Waals surface area contributed by atoms with Crippen molar-refractivity contribution in [3.05, 3.63) is 60.1 Å². The lowest BCUT2D eigenvalue weighted by atomic mass is 9.90. The van der Waals surface area contributed by atoms with Gasteiger partial charge in [-0.15, -0.1) is 0 Å². The van der Waals surface area contributed by atoms with Gasteiger partial charge < -0.3 is 14.6 Å². The van der Waals surface area contributed by atoms with Gasteiger partial charge in [-0.3, -0.25) is 4.79 Å². The first-order valence-electron chi connectivity index (χ1n) is 8.46. The number of carbonyl (C=O) groups is 1. The minimum atomic E-state index is 0.109. The van der Waals surface area contributed by atoms with Crippen LogP contribution in [-0.4, -0.2) is 25.5 Å². The molecule has 2 heterocycles.